The molecule has 0 radical (unpaired) electrons. The molecule has 1 amide bonds. The third-order valence-electron chi connectivity index (χ3n) is 3.57. The standard InChI is InChI=1S/C17H12FN5O2S/c18-11-1-2-12-13(9-11)26-17(20-12)21-14(24)3-4-15-22-16(23-25-15)10-5-7-19-8-6-10/h1-2,5-9H,3-4H2,(H,20,21,24). The van der Waals surface area contributed by atoms with Crippen LogP contribution in [0.15, 0.2) is 47.2 Å². The molecule has 0 fully saturated rings. The van der Waals surface area contributed by atoms with Gasteiger partial charge in [-0.05, 0) is 30.3 Å². The van der Waals surface area contributed by atoms with Gasteiger partial charge in [0.25, 0.3) is 0 Å². The number of carbonyl (C=O) groups is 1. The zero-order valence-corrected chi connectivity index (χ0v) is 14.2. The summed E-state index contributed by atoms with van der Waals surface area (Å²) in [6.45, 7) is 0. The molecule has 0 aliphatic carbocycles. The van der Waals surface area contributed by atoms with Crippen molar-refractivity contribution in [2.24, 2.45) is 0 Å². The van der Waals surface area contributed by atoms with E-state index in [0.29, 0.717) is 33.5 Å². The van der Waals surface area contributed by atoms with Crippen LogP contribution in [0, 0.1) is 5.82 Å². The molecule has 26 heavy (non-hydrogen) atoms. The van der Waals surface area contributed by atoms with E-state index in [1.807, 2.05) is 0 Å². The van der Waals surface area contributed by atoms with Crippen molar-refractivity contribution < 1.29 is 13.7 Å². The summed E-state index contributed by atoms with van der Waals surface area (Å²) >= 11 is 1.22. The Morgan fingerprint density at radius 2 is 2.04 bits per heavy atom. The van der Waals surface area contributed by atoms with E-state index in [9.17, 15) is 9.18 Å². The van der Waals surface area contributed by atoms with Crippen molar-refractivity contribution >= 4 is 32.6 Å². The minimum Gasteiger partial charge on any atom is -0.339 e. The number of carbonyl (C=O) groups excluding carboxylic acids is 1. The van der Waals surface area contributed by atoms with E-state index in [1.54, 1.807) is 30.6 Å². The quantitative estimate of drug-likeness (QED) is 0.579. The van der Waals surface area contributed by atoms with Gasteiger partial charge in [-0.25, -0.2) is 9.37 Å². The first-order chi connectivity index (χ1) is 12.7. The zero-order chi connectivity index (χ0) is 17.9. The average Bonchev–Trinajstić information content (AvgIpc) is 3.27. The second-order valence-electron chi connectivity index (χ2n) is 5.43. The Kier molecular flexibility index (Phi) is 4.36. The van der Waals surface area contributed by atoms with Crippen LogP contribution in [0.5, 0.6) is 0 Å². The van der Waals surface area contributed by atoms with Gasteiger partial charge >= 0.3 is 0 Å². The molecule has 3 heterocycles. The number of pyridine rings is 1. The highest BCUT2D eigenvalue weighted by atomic mass is 32.1. The summed E-state index contributed by atoms with van der Waals surface area (Å²) in [5, 5.41) is 7.03. The topological polar surface area (TPSA) is 93.8 Å². The Balaban J connectivity index is 1.37. The van der Waals surface area contributed by atoms with Crippen LogP contribution in [-0.4, -0.2) is 26.0 Å². The largest absolute Gasteiger partial charge is 0.339 e. The van der Waals surface area contributed by atoms with Crippen LogP contribution >= 0.6 is 11.3 Å². The third-order valence-corrected chi connectivity index (χ3v) is 4.50. The molecule has 0 bridgehead atoms. The highest BCUT2D eigenvalue weighted by Gasteiger charge is 2.12. The lowest BCUT2D eigenvalue weighted by molar-refractivity contribution is -0.116. The molecule has 7 nitrogen and oxygen atoms in total. The van der Waals surface area contributed by atoms with Crippen LogP contribution in [0.4, 0.5) is 9.52 Å². The molecule has 0 atom stereocenters. The number of nitrogens with zero attached hydrogens (tertiary/aromatic N) is 4. The van der Waals surface area contributed by atoms with Crippen LogP contribution in [0.1, 0.15) is 12.3 Å². The van der Waals surface area contributed by atoms with E-state index < -0.39 is 0 Å². The van der Waals surface area contributed by atoms with Crippen molar-refractivity contribution in [3.63, 3.8) is 0 Å². The number of aryl methyl sites for hydroxylation is 1. The van der Waals surface area contributed by atoms with Crippen LogP contribution < -0.4 is 5.32 Å². The Morgan fingerprint density at radius 1 is 1.19 bits per heavy atom. The first kappa shape index (κ1) is 16.3. The maximum absolute atomic E-state index is 13.2. The van der Waals surface area contributed by atoms with Crippen LogP contribution in [-0.2, 0) is 11.2 Å². The fraction of sp³-hybridized carbons (Fsp3) is 0.118. The number of halogens is 1. The van der Waals surface area contributed by atoms with Crippen molar-refractivity contribution in [1.82, 2.24) is 20.1 Å². The Labute approximate surface area is 150 Å². The molecule has 3 aromatic heterocycles. The normalized spacial score (nSPS) is 11.0. The molecule has 0 spiro atoms. The van der Waals surface area contributed by atoms with Gasteiger partial charge in [0.2, 0.25) is 17.6 Å². The van der Waals surface area contributed by atoms with Crippen molar-refractivity contribution in [1.29, 1.82) is 0 Å². The number of hydrogen-bond acceptors (Lipinski definition) is 7. The Bertz CT molecular complexity index is 1060. The predicted molar refractivity (Wildman–Crippen MR) is 94.1 cm³/mol. The SMILES string of the molecule is O=C(CCc1nc(-c2ccncc2)no1)Nc1nc2ccc(F)cc2s1. The lowest BCUT2D eigenvalue weighted by atomic mass is 10.2. The van der Waals surface area contributed by atoms with E-state index in [0.717, 1.165) is 5.56 Å². The smallest absolute Gasteiger partial charge is 0.227 e. The van der Waals surface area contributed by atoms with Gasteiger partial charge in [-0.1, -0.05) is 16.5 Å². The number of rotatable bonds is 5. The van der Waals surface area contributed by atoms with Gasteiger partial charge in [-0.2, -0.15) is 4.98 Å². The minimum atomic E-state index is -0.333. The third kappa shape index (κ3) is 3.57. The second-order valence-corrected chi connectivity index (χ2v) is 6.46. The van der Waals surface area contributed by atoms with E-state index in [4.69, 9.17) is 4.52 Å². The van der Waals surface area contributed by atoms with Crippen LogP contribution in [0.2, 0.25) is 0 Å². The van der Waals surface area contributed by atoms with Gasteiger partial charge in [0.1, 0.15) is 5.82 Å². The molecule has 4 rings (SSSR count). The molecule has 0 aliphatic heterocycles. The molecule has 0 saturated heterocycles. The molecule has 4 aromatic rings. The molecule has 0 saturated carbocycles. The van der Waals surface area contributed by atoms with E-state index in [-0.39, 0.29) is 18.1 Å². The number of benzene rings is 1. The van der Waals surface area contributed by atoms with Gasteiger partial charge in [0, 0.05) is 30.8 Å². The Hall–Kier alpha value is -3.20. The molecular formula is C17H12FN5O2S. The summed E-state index contributed by atoms with van der Waals surface area (Å²) in [6, 6.07) is 7.86. The summed E-state index contributed by atoms with van der Waals surface area (Å²) in [7, 11) is 0. The minimum absolute atomic E-state index is 0.169. The summed E-state index contributed by atoms with van der Waals surface area (Å²) in [4.78, 5) is 24.5. The van der Waals surface area contributed by atoms with E-state index in [2.05, 4.69) is 25.4 Å². The van der Waals surface area contributed by atoms with Crippen molar-refractivity contribution in [3.05, 3.63) is 54.4 Å². The molecule has 0 unspecified atom stereocenters. The first-order valence-electron chi connectivity index (χ1n) is 7.76. The number of hydrogen-bond donors (Lipinski definition) is 1. The van der Waals surface area contributed by atoms with Crippen molar-refractivity contribution in [3.8, 4) is 11.4 Å². The molecule has 130 valence electrons. The van der Waals surface area contributed by atoms with Crippen molar-refractivity contribution in [2.75, 3.05) is 5.32 Å². The highest BCUT2D eigenvalue weighted by Crippen LogP contribution is 2.26. The van der Waals surface area contributed by atoms with Crippen LogP contribution in [0.25, 0.3) is 21.6 Å². The Morgan fingerprint density at radius 3 is 2.88 bits per heavy atom. The number of aromatic nitrogens is 4. The first-order valence-corrected chi connectivity index (χ1v) is 8.58. The summed E-state index contributed by atoms with van der Waals surface area (Å²) in [6.07, 6.45) is 3.76. The fourth-order valence-corrected chi connectivity index (χ4v) is 3.24. The molecule has 1 N–H and O–H groups in total. The highest BCUT2D eigenvalue weighted by molar-refractivity contribution is 7.22. The van der Waals surface area contributed by atoms with Gasteiger partial charge in [-0.15, -0.1) is 0 Å². The number of fused-ring (bicyclic) bond motifs is 1. The predicted octanol–water partition coefficient (Wildman–Crippen LogP) is 3.45. The molecule has 9 heteroatoms. The molecule has 1 aromatic carbocycles. The summed E-state index contributed by atoms with van der Waals surface area (Å²) < 4.78 is 19.1. The molecular weight excluding hydrogens is 357 g/mol. The lowest BCUT2D eigenvalue weighted by Crippen LogP contribution is -2.12. The fourth-order valence-electron chi connectivity index (χ4n) is 2.33. The summed E-state index contributed by atoms with van der Waals surface area (Å²) in [5.41, 5.74) is 1.44. The van der Waals surface area contributed by atoms with Gasteiger partial charge < -0.3 is 9.84 Å². The number of nitrogens with one attached hydrogen (secondary N) is 1. The average molecular weight is 369 g/mol. The van der Waals surface area contributed by atoms with Gasteiger partial charge in [0.15, 0.2) is 5.13 Å². The number of amides is 1. The van der Waals surface area contributed by atoms with E-state index in [1.165, 1.54) is 23.5 Å². The summed E-state index contributed by atoms with van der Waals surface area (Å²) in [5.74, 6) is 0.267. The maximum Gasteiger partial charge on any atom is 0.227 e. The zero-order valence-electron chi connectivity index (χ0n) is 13.3. The number of thiazole rings is 1. The van der Waals surface area contributed by atoms with Crippen LogP contribution in [0.3, 0.4) is 0 Å². The molecule has 0 aliphatic rings. The van der Waals surface area contributed by atoms with Gasteiger partial charge in [-0.3, -0.25) is 9.78 Å². The number of anilines is 1. The second kappa shape index (κ2) is 6.96. The maximum atomic E-state index is 13.2. The van der Waals surface area contributed by atoms with Crippen molar-refractivity contribution in [2.45, 2.75) is 12.8 Å². The van der Waals surface area contributed by atoms with E-state index >= 15 is 0 Å². The monoisotopic (exact) mass is 369 g/mol. The lowest BCUT2D eigenvalue weighted by Gasteiger charge is -1.98. The van der Waals surface area contributed by atoms with Gasteiger partial charge in [0.05, 0.1) is 10.2 Å².